The van der Waals surface area contributed by atoms with Gasteiger partial charge < -0.3 is 15.5 Å². The second kappa shape index (κ2) is 5.64. The summed E-state index contributed by atoms with van der Waals surface area (Å²) in [6.07, 6.45) is 3.75. The van der Waals surface area contributed by atoms with E-state index < -0.39 is 5.54 Å². The molecule has 0 aromatic carbocycles. The summed E-state index contributed by atoms with van der Waals surface area (Å²) < 4.78 is 0. The van der Waals surface area contributed by atoms with Gasteiger partial charge in [0.25, 0.3) is 0 Å². The first-order chi connectivity index (χ1) is 7.47. The third kappa shape index (κ3) is 3.46. The molecule has 0 aromatic rings. The summed E-state index contributed by atoms with van der Waals surface area (Å²) in [5.41, 5.74) is -0.479. The quantitative estimate of drug-likeness (QED) is 0.738. The summed E-state index contributed by atoms with van der Waals surface area (Å²) in [6.45, 7) is 5.70. The van der Waals surface area contributed by atoms with Crippen molar-refractivity contribution in [2.24, 2.45) is 0 Å². The number of nitrogens with zero attached hydrogens (tertiary/aromatic N) is 1. The minimum Gasteiger partial charge on any atom is -0.353 e. The zero-order chi connectivity index (χ0) is 12.2. The van der Waals surface area contributed by atoms with E-state index in [4.69, 9.17) is 0 Å². The molecule has 0 saturated carbocycles. The minimum absolute atomic E-state index is 0.0778. The van der Waals surface area contributed by atoms with Crippen LogP contribution in [0.15, 0.2) is 0 Å². The fourth-order valence-electron chi connectivity index (χ4n) is 1.95. The number of hydrogen-bond donors (Lipinski definition) is 2. The van der Waals surface area contributed by atoms with Gasteiger partial charge in [-0.1, -0.05) is 6.42 Å². The second-order valence-corrected chi connectivity index (χ2v) is 5.22. The van der Waals surface area contributed by atoms with Crippen molar-refractivity contribution in [2.45, 2.75) is 44.7 Å². The first-order valence-electron chi connectivity index (χ1n) is 6.15. The zero-order valence-electron chi connectivity index (χ0n) is 11.0. The van der Waals surface area contributed by atoms with Crippen LogP contribution in [-0.4, -0.2) is 49.6 Å². The second-order valence-electron chi connectivity index (χ2n) is 5.22. The van der Waals surface area contributed by atoms with Crippen LogP contribution in [0.3, 0.4) is 0 Å². The first-order valence-corrected chi connectivity index (χ1v) is 6.15. The van der Waals surface area contributed by atoms with E-state index in [1.807, 2.05) is 20.9 Å². The Labute approximate surface area is 98.8 Å². The molecule has 0 aromatic heterocycles. The maximum Gasteiger partial charge on any atom is 0.239 e. The van der Waals surface area contributed by atoms with Crippen LogP contribution in [0.1, 0.15) is 33.1 Å². The number of likely N-dealkylation sites (tertiary alicyclic amines) is 1. The van der Waals surface area contributed by atoms with Crippen molar-refractivity contribution in [2.75, 3.05) is 27.2 Å². The van der Waals surface area contributed by atoms with Gasteiger partial charge in [-0.15, -0.1) is 0 Å². The molecular formula is C12H25N3O. The number of nitrogens with one attached hydrogen (secondary N) is 2. The molecule has 16 heavy (non-hydrogen) atoms. The van der Waals surface area contributed by atoms with Gasteiger partial charge in [-0.05, 0) is 47.3 Å². The highest BCUT2D eigenvalue weighted by atomic mass is 16.2. The van der Waals surface area contributed by atoms with E-state index in [2.05, 4.69) is 22.6 Å². The molecule has 1 fully saturated rings. The SMILES string of the molecule is CNC(C)(C)C(=O)NCC1CCCCN1C. The van der Waals surface area contributed by atoms with E-state index in [0.717, 1.165) is 13.1 Å². The molecule has 0 radical (unpaired) electrons. The Morgan fingerprint density at radius 1 is 1.44 bits per heavy atom. The molecule has 0 aliphatic carbocycles. The maximum atomic E-state index is 11.9. The molecule has 1 unspecified atom stereocenters. The zero-order valence-corrected chi connectivity index (χ0v) is 11.0. The van der Waals surface area contributed by atoms with E-state index >= 15 is 0 Å². The van der Waals surface area contributed by atoms with Crippen LogP contribution in [0.4, 0.5) is 0 Å². The topological polar surface area (TPSA) is 44.4 Å². The van der Waals surface area contributed by atoms with Crippen LogP contribution in [0.5, 0.6) is 0 Å². The van der Waals surface area contributed by atoms with Crippen molar-refractivity contribution in [3.63, 3.8) is 0 Å². The molecule has 4 nitrogen and oxygen atoms in total. The number of amides is 1. The fraction of sp³-hybridized carbons (Fsp3) is 0.917. The number of carbonyl (C=O) groups excluding carboxylic acids is 1. The monoisotopic (exact) mass is 227 g/mol. The standard InChI is InChI=1S/C12H25N3O/c1-12(2,13-3)11(16)14-9-10-7-5-6-8-15(10)4/h10,13H,5-9H2,1-4H3,(H,14,16). The van der Waals surface area contributed by atoms with Crippen molar-refractivity contribution in [1.29, 1.82) is 0 Å². The third-order valence-corrected chi connectivity index (χ3v) is 3.61. The summed E-state index contributed by atoms with van der Waals surface area (Å²) in [5, 5.41) is 6.05. The van der Waals surface area contributed by atoms with Crippen LogP contribution in [0.2, 0.25) is 0 Å². The van der Waals surface area contributed by atoms with Gasteiger partial charge in [0, 0.05) is 12.6 Å². The Balaban J connectivity index is 2.36. The molecule has 94 valence electrons. The highest BCUT2D eigenvalue weighted by Gasteiger charge is 2.26. The number of carbonyl (C=O) groups is 1. The van der Waals surface area contributed by atoms with Gasteiger partial charge in [-0.2, -0.15) is 0 Å². The van der Waals surface area contributed by atoms with Crippen molar-refractivity contribution in [1.82, 2.24) is 15.5 Å². The summed E-state index contributed by atoms with van der Waals surface area (Å²) in [6, 6.07) is 0.505. The summed E-state index contributed by atoms with van der Waals surface area (Å²) in [4.78, 5) is 14.2. The molecule has 1 aliphatic rings. The summed E-state index contributed by atoms with van der Waals surface area (Å²) in [5.74, 6) is 0.0778. The smallest absolute Gasteiger partial charge is 0.239 e. The summed E-state index contributed by atoms with van der Waals surface area (Å²) >= 11 is 0. The average molecular weight is 227 g/mol. The first kappa shape index (κ1) is 13.5. The molecule has 1 saturated heterocycles. The van der Waals surface area contributed by atoms with E-state index in [-0.39, 0.29) is 5.91 Å². The van der Waals surface area contributed by atoms with Gasteiger partial charge in [-0.25, -0.2) is 0 Å². The molecule has 1 heterocycles. The van der Waals surface area contributed by atoms with Crippen LogP contribution < -0.4 is 10.6 Å². The van der Waals surface area contributed by atoms with Gasteiger partial charge >= 0.3 is 0 Å². The highest BCUT2D eigenvalue weighted by Crippen LogP contribution is 2.14. The molecule has 0 spiro atoms. The highest BCUT2D eigenvalue weighted by molar-refractivity contribution is 5.85. The minimum atomic E-state index is -0.479. The van der Waals surface area contributed by atoms with Crippen LogP contribution in [0.25, 0.3) is 0 Å². The average Bonchev–Trinajstić information content (AvgIpc) is 2.27. The van der Waals surface area contributed by atoms with Gasteiger partial charge in [-0.3, -0.25) is 4.79 Å². The number of likely N-dealkylation sites (N-methyl/N-ethyl adjacent to an activating group) is 2. The molecule has 1 amide bonds. The molecule has 1 rings (SSSR count). The number of rotatable bonds is 4. The van der Waals surface area contributed by atoms with Gasteiger partial charge in [0.15, 0.2) is 0 Å². The maximum absolute atomic E-state index is 11.9. The lowest BCUT2D eigenvalue weighted by molar-refractivity contribution is -0.126. The predicted molar refractivity (Wildman–Crippen MR) is 66.4 cm³/mol. The lowest BCUT2D eigenvalue weighted by atomic mass is 10.0. The lowest BCUT2D eigenvalue weighted by Gasteiger charge is -2.33. The van der Waals surface area contributed by atoms with E-state index in [9.17, 15) is 4.79 Å². The van der Waals surface area contributed by atoms with Crippen molar-refractivity contribution < 1.29 is 4.79 Å². The molecule has 4 heteroatoms. The van der Waals surface area contributed by atoms with Crippen LogP contribution >= 0.6 is 0 Å². The Morgan fingerprint density at radius 3 is 2.69 bits per heavy atom. The van der Waals surface area contributed by atoms with E-state index in [0.29, 0.717) is 6.04 Å². The Bertz CT molecular complexity index is 240. The third-order valence-electron chi connectivity index (χ3n) is 3.61. The summed E-state index contributed by atoms with van der Waals surface area (Å²) in [7, 11) is 3.95. The Hall–Kier alpha value is -0.610. The van der Waals surface area contributed by atoms with Crippen LogP contribution in [0, 0.1) is 0 Å². The normalized spacial score (nSPS) is 23.1. The Kier molecular flexibility index (Phi) is 4.74. The molecule has 2 N–H and O–H groups in total. The lowest BCUT2D eigenvalue weighted by Crippen LogP contribution is -2.54. The van der Waals surface area contributed by atoms with Crippen molar-refractivity contribution in [3.8, 4) is 0 Å². The molecule has 1 atom stereocenters. The number of piperidine rings is 1. The van der Waals surface area contributed by atoms with Crippen LogP contribution in [-0.2, 0) is 4.79 Å². The fourth-order valence-corrected chi connectivity index (χ4v) is 1.95. The van der Waals surface area contributed by atoms with Gasteiger partial charge in [0.1, 0.15) is 0 Å². The largest absolute Gasteiger partial charge is 0.353 e. The molecular weight excluding hydrogens is 202 g/mol. The van der Waals surface area contributed by atoms with E-state index in [1.54, 1.807) is 0 Å². The number of hydrogen-bond acceptors (Lipinski definition) is 3. The molecule has 1 aliphatic heterocycles. The molecule has 0 bridgehead atoms. The van der Waals surface area contributed by atoms with E-state index in [1.165, 1.54) is 19.3 Å². The predicted octanol–water partition coefficient (Wildman–Crippen LogP) is 0.585. The van der Waals surface area contributed by atoms with Gasteiger partial charge in [0.05, 0.1) is 5.54 Å². The van der Waals surface area contributed by atoms with Crippen molar-refractivity contribution in [3.05, 3.63) is 0 Å². The van der Waals surface area contributed by atoms with Gasteiger partial charge in [0.2, 0.25) is 5.91 Å². The van der Waals surface area contributed by atoms with Crippen molar-refractivity contribution >= 4 is 5.91 Å². The Morgan fingerprint density at radius 2 is 2.12 bits per heavy atom.